The summed E-state index contributed by atoms with van der Waals surface area (Å²) in [5.41, 5.74) is 1.10. The average Bonchev–Trinajstić information content (AvgIpc) is 2.93. The zero-order valence-electron chi connectivity index (χ0n) is 11.9. The van der Waals surface area contributed by atoms with Gasteiger partial charge in [0.05, 0.1) is 24.0 Å². The van der Waals surface area contributed by atoms with E-state index in [1.54, 1.807) is 25.1 Å². The van der Waals surface area contributed by atoms with Crippen LogP contribution in [0.3, 0.4) is 0 Å². The van der Waals surface area contributed by atoms with Crippen molar-refractivity contribution < 1.29 is 17.9 Å². The van der Waals surface area contributed by atoms with Crippen molar-refractivity contribution in [2.24, 2.45) is 5.92 Å². The smallest absolute Gasteiger partial charge is 0.310 e. The molecule has 1 saturated carbocycles. The van der Waals surface area contributed by atoms with Gasteiger partial charge in [-0.25, -0.2) is 8.42 Å². The Bertz CT molecular complexity index is 644. The Morgan fingerprint density at radius 3 is 2.76 bits per heavy atom. The molecule has 1 N–H and O–H groups in total. The number of benzene rings is 1. The summed E-state index contributed by atoms with van der Waals surface area (Å²) in [4.78, 5) is 11.7. The van der Waals surface area contributed by atoms with Crippen LogP contribution in [-0.4, -0.2) is 26.7 Å². The molecule has 1 aliphatic carbocycles. The topological polar surface area (TPSA) is 72.5 Å². The third-order valence-corrected chi connectivity index (χ3v) is 6.15. The Kier molecular flexibility index (Phi) is 4.78. The fourth-order valence-corrected chi connectivity index (χ4v) is 4.68. The van der Waals surface area contributed by atoms with Gasteiger partial charge in [0.1, 0.15) is 0 Å². The highest BCUT2D eigenvalue weighted by Gasteiger charge is 2.42. The van der Waals surface area contributed by atoms with Crippen molar-refractivity contribution in [1.82, 2.24) is 0 Å². The number of anilines is 1. The molecule has 0 saturated heterocycles. The second kappa shape index (κ2) is 6.23. The molecule has 1 fully saturated rings. The van der Waals surface area contributed by atoms with E-state index in [1.165, 1.54) is 7.11 Å². The van der Waals surface area contributed by atoms with Crippen molar-refractivity contribution in [3.8, 4) is 0 Å². The molecule has 7 heteroatoms. The highest BCUT2D eigenvalue weighted by Crippen LogP contribution is 2.34. The van der Waals surface area contributed by atoms with Crippen molar-refractivity contribution >= 4 is 33.3 Å². The number of hydrogen-bond acceptors (Lipinski definition) is 4. The summed E-state index contributed by atoms with van der Waals surface area (Å²) in [6.45, 7) is 1.74. The van der Waals surface area contributed by atoms with Gasteiger partial charge in [-0.15, -0.1) is 0 Å². The third kappa shape index (κ3) is 3.32. The Labute approximate surface area is 129 Å². The summed E-state index contributed by atoms with van der Waals surface area (Å²) < 4.78 is 32.3. The second-order valence-electron chi connectivity index (χ2n) is 5.16. The largest absolute Gasteiger partial charge is 0.469 e. The molecule has 21 heavy (non-hydrogen) atoms. The lowest BCUT2D eigenvalue weighted by atomic mass is 10.1. The number of halogens is 1. The first-order chi connectivity index (χ1) is 9.86. The summed E-state index contributed by atoms with van der Waals surface area (Å²) in [5.74, 6) is -1.07. The lowest BCUT2D eigenvalue weighted by molar-refractivity contribution is -0.145. The maximum absolute atomic E-state index is 12.5. The molecule has 2 rings (SSSR count). The van der Waals surface area contributed by atoms with Gasteiger partial charge in [0.15, 0.2) is 0 Å². The molecule has 0 amide bonds. The van der Waals surface area contributed by atoms with Crippen LogP contribution in [0.4, 0.5) is 5.69 Å². The summed E-state index contributed by atoms with van der Waals surface area (Å²) in [6.07, 6.45) is 1.68. The van der Waals surface area contributed by atoms with E-state index < -0.39 is 27.2 Å². The molecule has 5 nitrogen and oxygen atoms in total. The Morgan fingerprint density at radius 2 is 2.10 bits per heavy atom. The molecule has 0 radical (unpaired) electrons. The number of nitrogens with one attached hydrogen (secondary N) is 1. The van der Waals surface area contributed by atoms with Gasteiger partial charge in [-0.2, -0.15) is 0 Å². The van der Waals surface area contributed by atoms with Crippen molar-refractivity contribution in [3.05, 3.63) is 28.8 Å². The van der Waals surface area contributed by atoms with E-state index in [4.69, 9.17) is 16.3 Å². The standard InChI is InChI=1S/C14H18ClNO4S/c1-9-11(15)6-4-7-12(9)16-21(18,19)13-8-3-5-10(13)14(17)20-2/h4,6-7,10,13,16H,3,5,8H2,1-2H3. The van der Waals surface area contributed by atoms with Crippen LogP contribution >= 0.6 is 11.6 Å². The van der Waals surface area contributed by atoms with Gasteiger partial charge in [-0.1, -0.05) is 24.1 Å². The number of ether oxygens (including phenoxy) is 1. The minimum absolute atomic E-state index is 0.443. The zero-order valence-corrected chi connectivity index (χ0v) is 13.5. The van der Waals surface area contributed by atoms with Crippen molar-refractivity contribution in [2.45, 2.75) is 31.4 Å². The molecule has 1 aromatic rings. The lowest BCUT2D eigenvalue weighted by Gasteiger charge is -2.20. The average molecular weight is 332 g/mol. The van der Waals surface area contributed by atoms with Gasteiger partial charge in [0.2, 0.25) is 10.0 Å². The first-order valence-corrected chi connectivity index (χ1v) is 8.64. The minimum Gasteiger partial charge on any atom is -0.469 e. The van der Waals surface area contributed by atoms with Crippen LogP contribution in [0.2, 0.25) is 5.02 Å². The first kappa shape index (κ1) is 16.1. The normalized spacial score (nSPS) is 22.0. The molecule has 116 valence electrons. The third-order valence-electron chi connectivity index (χ3n) is 3.87. The number of esters is 1. The van der Waals surface area contributed by atoms with E-state index in [1.807, 2.05) is 0 Å². The molecule has 0 heterocycles. The summed E-state index contributed by atoms with van der Waals surface area (Å²) in [7, 11) is -2.39. The Balaban J connectivity index is 2.26. The van der Waals surface area contributed by atoms with Crippen molar-refractivity contribution in [1.29, 1.82) is 0 Å². The predicted octanol–water partition coefficient (Wildman–Crippen LogP) is 2.73. The van der Waals surface area contributed by atoms with Crippen molar-refractivity contribution in [2.75, 3.05) is 11.8 Å². The molecule has 0 bridgehead atoms. The van der Waals surface area contributed by atoms with Gasteiger partial charge in [0.25, 0.3) is 0 Å². The van der Waals surface area contributed by atoms with Gasteiger partial charge in [-0.05, 0) is 37.5 Å². The van der Waals surface area contributed by atoms with Gasteiger partial charge in [0, 0.05) is 5.02 Å². The van der Waals surface area contributed by atoms with Crippen LogP contribution in [-0.2, 0) is 19.6 Å². The van der Waals surface area contributed by atoms with Crippen molar-refractivity contribution in [3.63, 3.8) is 0 Å². The van der Waals surface area contributed by atoms with E-state index in [-0.39, 0.29) is 0 Å². The lowest BCUT2D eigenvalue weighted by Crippen LogP contribution is -2.35. The summed E-state index contributed by atoms with van der Waals surface area (Å²) in [6, 6.07) is 5.03. The van der Waals surface area contributed by atoms with Crippen LogP contribution in [0.15, 0.2) is 18.2 Å². The van der Waals surface area contributed by atoms with Gasteiger partial charge < -0.3 is 4.74 Å². The van der Waals surface area contributed by atoms with Crippen LogP contribution in [0, 0.1) is 12.8 Å². The minimum atomic E-state index is -3.67. The maximum atomic E-state index is 12.5. The number of sulfonamides is 1. The predicted molar refractivity (Wildman–Crippen MR) is 81.9 cm³/mol. The monoisotopic (exact) mass is 331 g/mol. The van der Waals surface area contributed by atoms with E-state index >= 15 is 0 Å². The number of carbonyl (C=O) groups excluding carboxylic acids is 1. The molecular formula is C14H18ClNO4S. The fraction of sp³-hybridized carbons (Fsp3) is 0.500. The van der Waals surface area contributed by atoms with Crippen LogP contribution in [0.25, 0.3) is 0 Å². The zero-order chi connectivity index (χ0) is 15.6. The fourth-order valence-electron chi connectivity index (χ4n) is 2.67. The van der Waals surface area contributed by atoms with E-state index in [9.17, 15) is 13.2 Å². The molecule has 2 atom stereocenters. The Hall–Kier alpha value is -1.27. The first-order valence-electron chi connectivity index (χ1n) is 6.71. The number of hydrogen-bond donors (Lipinski definition) is 1. The van der Waals surface area contributed by atoms with Gasteiger partial charge >= 0.3 is 5.97 Å². The van der Waals surface area contributed by atoms with E-state index in [2.05, 4.69) is 4.72 Å². The van der Waals surface area contributed by atoms with Crippen LogP contribution < -0.4 is 4.72 Å². The molecule has 0 aliphatic heterocycles. The quantitative estimate of drug-likeness (QED) is 0.861. The number of methoxy groups -OCH3 is 1. The summed E-state index contributed by atoms with van der Waals surface area (Å²) >= 11 is 5.99. The second-order valence-corrected chi connectivity index (χ2v) is 7.47. The molecule has 0 aromatic heterocycles. The molecule has 2 unspecified atom stereocenters. The Morgan fingerprint density at radius 1 is 1.38 bits per heavy atom. The SMILES string of the molecule is COC(=O)C1CCCC1S(=O)(=O)Nc1cccc(Cl)c1C. The number of rotatable bonds is 4. The highest BCUT2D eigenvalue weighted by molar-refractivity contribution is 7.93. The molecule has 1 aliphatic rings. The van der Waals surface area contributed by atoms with E-state index in [0.717, 1.165) is 0 Å². The molecule has 1 aromatic carbocycles. The highest BCUT2D eigenvalue weighted by atomic mass is 35.5. The number of carbonyl (C=O) groups is 1. The van der Waals surface area contributed by atoms with Crippen LogP contribution in [0.5, 0.6) is 0 Å². The molecular weight excluding hydrogens is 314 g/mol. The van der Waals surface area contributed by atoms with Gasteiger partial charge in [-0.3, -0.25) is 9.52 Å². The maximum Gasteiger partial charge on any atom is 0.310 e. The molecule has 0 spiro atoms. The van der Waals surface area contributed by atoms with E-state index in [0.29, 0.717) is 35.5 Å². The summed E-state index contributed by atoms with van der Waals surface area (Å²) in [5, 5.41) is -0.269. The van der Waals surface area contributed by atoms with Crippen LogP contribution in [0.1, 0.15) is 24.8 Å².